The van der Waals surface area contributed by atoms with Crippen molar-refractivity contribution >= 4 is 45.6 Å². The molecule has 0 saturated carbocycles. The number of imidazole rings is 1. The van der Waals surface area contributed by atoms with Gasteiger partial charge in [0.15, 0.2) is 4.96 Å². The second-order valence-corrected chi connectivity index (χ2v) is 7.15. The molecule has 0 aliphatic carbocycles. The highest BCUT2D eigenvalue weighted by atomic mass is 35.5. The number of nitrogens with zero attached hydrogens (tertiary/aromatic N) is 3. The van der Waals surface area contributed by atoms with Gasteiger partial charge in [-0.1, -0.05) is 54.1 Å². The molecule has 0 aliphatic rings. The SMILES string of the molecule is N#C/C(=C\c1c(-c2ccccc2)nc2sccn12)C(=O)Nc1ccccc1Cl. The van der Waals surface area contributed by atoms with E-state index in [1.54, 1.807) is 30.3 Å². The van der Waals surface area contributed by atoms with Crippen LogP contribution >= 0.6 is 22.9 Å². The first-order valence-corrected chi connectivity index (χ1v) is 9.62. The highest BCUT2D eigenvalue weighted by molar-refractivity contribution is 7.15. The number of halogens is 1. The lowest BCUT2D eigenvalue weighted by Crippen LogP contribution is -2.13. The maximum absolute atomic E-state index is 12.7. The number of benzene rings is 2. The van der Waals surface area contributed by atoms with E-state index in [0.29, 0.717) is 22.1 Å². The van der Waals surface area contributed by atoms with E-state index in [1.807, 2.05) is 52.4 Å². The van der Waals surface area contributed by atoms with Gasteiger partial charge in [0.05, 0.1) is 22.1 Å². The normalized spacial score (nSPS) is 11.4. The van der Waals surface area contributed by atoms with Gasteiger partial charge < -0.3 is 5.32 Å². The Morgan fingerprint density at radius 2 is 1.93 bits per heavy atom. The number of fused-ring (bicyclic) bond motifs is 1. The molecule has 2 aromatic heterocycles. The van der Waals surface area contributed by atoms with Crippen LogP contribution < -0.4 is 5.32 Å². The van der Waals surface area contributed by atoms with Crippen molar-refractivity contribution in [3.05, 3.63) is 82.5 Å². The third-order valence-electron chi connectivity index (χ3n) is 4.11. The Kier molecular flexibility index (Phi) is 4.94. The molecule has 136 valence electrons. The van der Waals surface area contributed by atoms with Gasteiger partial charge in [0.2, 0.25) is 0 Å². The molecule has 1 amide bonds. The van der Waals surface area contributed by atoms with Gasteiger partial charge in [0.1, 0.15) is 11.6 Å². The van der Waals surface area contributed by atoms with Crippen LogP contribution in [0.25, 0.3) is 22.3 Å². The standard InChI is InChI=1S/C21H13ClN4OS/c22-16-8-4-5-9-17(16)24-20(27)15(13-23)12-18-19(14-6-2-1-3-7-14)25-21-26(18)10-11-28-21/h1-12H,(H,24,27)/b15-12+. The molecule has 0 spiro atoms. The van der Waals surface area contributed by atoms with Crippen LogP contribution in [0.1, 0.15) is 5.69 Å². The second-order valence-electron chi connectivity index (χ2n) is 5.87. The van der Waals surface area contributed by atoms with Crippen LogP contribution in [0.15, 0.2) is 71.7 Å². The second kappa shape index (κ2) is 7.69. The summed E-state index contributed by atoms with van der Waals surface area (Å²) in [7, 11) is 0. The van der Waals surface area contributed by atoms with Crippen molar-refractivity contribution in [2.75, 3.05) is 5.32 Å². The molecule has 0 fully saturated rings. The lowest BCUT2D eigenvalue weighted by atomic mass is 10.1. The molecule has 2 aromatic carbocycles. The Morgan fingerprint density at radius 3 is 2.68 bits per heavy atom. The molecule has 0 saturated heterocycles. The van der Waals surface area contributed by atoms with E-state index in [1.165, 1.54) is 11.3 Å². The Balaban J connectivity index is 1.77. The van der Waals surface area contributed by atoms with Crippen LogP contribution in [0.3, 0.4) is 0 Å². The number of carbonyl (C=O) groups excluding carboxylic acids is 1. The molecule has 0 unspecified atom stereocenters. The molecule has 4 rings (SSSR count). The Bertz CT molecular complexity index is 1230. The minimum absolute atomic E-state index is 0.0369. The first-order chi connectivity index (χ1) is 13.7. The number of aromatic nitrogens is 2. The minimum Gasteiger partial charge on any atom is -0.320 e. The summed E-state index contributed by atoms with van der Waals surface area (Å²) in [5.74, 6) is -0.528. The highest BCUT2D eigenvalue weighted by Gasteiger charge is 2.17. The van der Waals surface area contributed by atoms with Gasteiger partial charge in [-0.05, 0) is 18.2 Å². The first-order valence-electron chi connectivity index (χ1n) is 8.36. The fraction of sp³-hybridized carbons (Fsp3) is 0. The van der Waals surface area contributed by atoms with Crippen molar-refractivity contribution in [2.24, 2.45) is 0 Å². The average molecular weight is 405 g/mol. The van der Waals surface area contributed by atoms with E-state index in [4.69, 9.17) is 11.6 Å². The zero-order valence-electron chi connectivity index (χ0n) is 14.5. The number of para-hydroxylation sites is 1. The van der Waals surface area contributed by atoms with E-state index in [-0.39, 0.29) is 5.57 Å². The number of nitrogens with one attached hydrogen (secondary N) is 1. The van der Waals surface area contributed by atoms with Gasteiger partial charge in [-0.3, -0.25) is 9.20 Å². The van der Waals surface area contributed by atoms with Gasteiger partial charge in [0, 0.05) is 17.1 Å². The quantitative estimate of drug-likeness (QED) is 0.372. The molecule has 7 heteroatoms. The van der Waals surface area contributed by atoms with E-state index in [0.717, 1.165) is 10.5 Å². The largest absolute Gasteiger partial charge is 0.320 e. The summed E-state index contributed by atoms with van der Waals surface area (Å²) in [6, 6.07) is 18.5. The zero-order chi connectivity index (χ0) is 19.5. The van der Waals surface area contributed by atoms with Crippen molar-refractivity contribution < 1.29 is 4.79 Å². The number of rotatable bonds is 4. The van der Waals surface area contributed by atoms with Crippen molar-refractivity contribution in [1.29, 1.82) is 5.26 Å². The van der Waals surface area contributed by atoms with Crippen LogP contribution in [0.2, 0.25) is 5.02 Å². The van der Waals surface area contributed by atoms with E-state index < -0.39 is 5.91 Å². The molecule has 0 atom stereocenters. The summed E-state index contributed by atoms with van der Waals surface area (Å²) in [4.78, 5) is 18.1. The molecule has 2 heterocycles. The molecular formula is C21H13ClN4OS. The van der Waals surface area contributed by atoms with Gasteiger partial charge in [-0.2, -0.15) is 5.26 Å². The number of thiazole rings is 1. The fourth-order valence-electron chi connectivity index (χ4n) is 2.79. The third kappa shape index (κ3) is 3.41. The van der Waals surface area contributed by atoms with Crippen LogP contribution in [0.5, 0.6) is 0 Å². The summed E-state index contributed by atoms with van der Waals surface area (Å²) >= 11 is 7.58. The maximum Gasteiger partial charge on any atom is 0.266 e. The Hall–Kier alpha value is -3.40. The van der Waals surface area contributed by atoms with Crippen molar-refractivity contribution in [1.82, 2.24) is 9.38 Å². The monoisotopic (exact) mass is 404 g/mol. The van der Waals surface area contributed by atoms with Crippen molar-refractivity contribution in [3.63, 3.8) is 0 Å². The van der Waals surface area contributed by atoms with Gasteiger partial charge in [-0.25, -0.2) is 4.98 Å². The molecule has 0 bridgehead atoms. The molecular weight excluding hydrogens is 392 g/mol. The predicted molar refractivity (Wildman–Crippen MR) is 112 cm³/mol. The number of amides is 1. The number of hydrogen-bond acceptors (Lipinski definition) is 4. The Labute approximate surface area is 170 Å². The highest BCUT2D eigenvalue weighted by Crippen LogP contribution is 2.28. The average Bonchev–Trinajstić information content (AvgIpc) is 3.30. The third-order valence-corrected chi connectivity index (χ3v) is 5.20. The van der Waals surface area contributed by atoms with Crippen LogP contribution in [0.4, 0.5) is 5.69 Å². The molecule has 0 aliphatic heterocycles. The predicted octanol–water partition coefficient (Wildman–Crippen LogP) is 5.26. The number of nitriles is 1. The maximum atomic E-state index is 12.7. The molecule has 0 radical (unpaired) electrons. The number of hydrogen-bond donors (Lipinski definition) is 1. The summed E-state index contributed by atoms with van der Waals surface area (Å²) in [5, 5.41) is 14.6. The van der Waals surface area contributed by atoms with Crippen LogP contribution in [-0.2, 0) is 4.79 Å². The molecule has 28 heavy (non-hydrogen) atoms. The van der Waals surface area contributed by atoms with Gasteiger partial charge in [-0.15, -0.1) is 11.3 Å². The van der Waals surface area contributed by atoms with Crippen LogP contribution in [-0.4, -0.2) is 15.3 Å². The van der Waals surface area contributed by atoms with E-state index in [2.05, 4.69) is 10.3 Å². The molecule has 1 N–H and O–H groups in total. The summed E-state index contributed by atoms with van der Waals surface area (Å²) in [6.07, 6.45) is 3.42. The van der Waals surface area contributed by atoms with Crippen LogP contribution in [0, 0.1) is 11.3 Å². The number of carbonyl (C=O) groups is 1. The smallest absolute Gasteiger partial charge is 0.266 e. The van der Waals surface area contributed by atoms with E-state index in [9.17, 15) is 10.1 Å². The minimum atomic E-state index is -0.528. The lowest BCUT2D eigenvalue weighted by Gasteiger charge is -2.06. The first kappa shape index (κ1) is 18.0. The number of anilines is 1. The summed E-state index contributed by atoms with van der Waals surface area (Å²) < 4.78 is 1.87. The zero-order valence-corrected chi connectivity index (χ0v) is 16.0. The van der Waals surface area contributed by atoms with Crippen molar-refractivity contribution in [2.45, 2.75) is 0 Å². The van der Waals surface area contributed by atoms with E-state index >= 15 is 0 Å². The van der Waals surface area contributed by atoms with Gasteiger partial charge in [0.25, 0.3) is 5.91 Å². The molecule has 4 aromatic rings. The van der Waals surface area contributed by atoms with Crippen molar-refractivity contribution in [3.8, 4) is 17.3 Å². The summed E-state index contributed by atoms with van der Waals surface area (Å²) in [6.45, 7) is 0. The topological polar surface area (TPSA) is 70.2 Å². The Morgan fingerprint density at radius 1 is 1.18 bits per heavy atom. The summed E-state index contributed by atoms with van der Waals surface area (Å²) in [5.41, 5.74) is 2.71. The lowest BCUT2D eigenvalue weighted by molar-refractivity contribution is -0.112. The molecule has 5 nitrogen and oxygen atoms in total. The van der Waals surface area contributed by atoms with Gasteiger partial charge >= 0.3 is 0 Å². The fourth-order valence-corrected chi connectivity index (χ4v) is 3.69.